The highest BCUT2D eigenvalue weighted by molar-refractivity contribution is 6.30. The maximum absolute atomic E-state index is 12.5. The molecule has 0 radical (unpaired) electrons. The van der Waals surface area contributed by atoms with Crippen molar-refractivity contribution in [2.24, 2.45) is 7.05 Å². The molecule has 0 aliphatic carbocycles. The van der Waals surface area contributed by atoms with Gasteiger partial charge >= 0.3 is 6.09 Å². The molecule has 4 aromatic heterocycles. The Labute approximate surface area is 192 Å². The van der Waals surface area contributed by atoms with Gasteiger partial charge in [0.05, 0.1) is 29.3 Å². The van der Waals surface area contributed by atoms with Crippen LogP contribution in [0, 0.1) is 0 Å². The zero-order chi connectivity index (χ0) is 23.4. The number of ether oxygens (including phenoxy) is 1. The lowest BCUT2D eigenvalue weighted by molar-refractivity contribution is 0.102. The van der Waals surface area contributed by atoms with Crippen molar-refractivity contribution >= 4 is 35.1 Å². The molecule has 3 N–H and O–H groups in total. The quantitative estimate of drug-likeness (QED) is 0.365. The fraction of sp³-hybridized carbons (Fsp3) is 0.150. The Morgan fingerprint density at radius 2 is 2.03 bits per heavy atom. The van der Waals surface area contributed by atoms with Gasteiger partial charge in [-0.3, -0.25) is 20.2 Å². The standard InChI is InChI=1S/C20H18ClN9O3/c1-11(14-4-3-7-22-17(14)21)33-20(32)27-18-16(28-29-30(18)2)15-6-5-13(10-23-15)26-19(31)12-8-24-25-9-12/h3-11H,1-2H3,(H,24,25)(H,26,31)(H,27,32)/t11-/m1/s1. The molecule has 12 nitrogen and oxygen atoms in total. The van der Waals surface area contributed by atoms with Crippen LogP contribution in [0.5, 0.6) is 0 Å². The fourth-order valence-electron chi connectivity index (χ4n) is 2.91. The van der Waals surface area contributed by atoms with Gasteiger partial charge in [0.15, 0.2) is 11.5 Å². The number of hydrogen-bond acceptors (Lipinski definition) is 8. The van der Waals surface area contributed by atoms with Crippen molar-refractivity contribution in [3.63, 3.8) is 0 Å². The second-order valence-electron chi connectivity index (χ2n) is 6.84. The maximum Gasteiger partial charge on any atom is 0.413 e. The van der Waals surface area contributed by atoms with Gasteiger partial charge in [-0.2, -0.15) is 5.10 Å². The van der Waals surface area contributed by atoms with Crippen molar-refractivity contribution < 1.29 is 14.3 Å². The number of halogens is 1. The second kappa shape index (κ2) is 9.44. The Kier molecular flexibility index (Phi) is 6.26. The van der Waals surface area contributed by atoms with Gasteiger partial charge in [-0.05, 0) is 25.1 Å². The topological polar surface area (TPSA) is 153 Å². The predicted molar refractivity (Wildman–Crippen MR) is 119 cm³/mol. The first kappa shape index (κ1) is 21.9. The van der Waals surface area contributed by atoms with E-state index < -0.39 is 12.2 Å². The molecule has 0 bridgehead atoms. The third-order valence-corrected chi connectivity index (χ3v) is 4.90. The lowest BCUT2D eigenvalue weighted by atomic mass is 10.2. The molecule has 2 amide bonds. The van der Waals surface area contributed by atoms with Crippen LogP contribution in [-0.4, -0.2) is 47.2 Å². The number of aromatic nitrogens is 7. The Bertz CT molecular complexity index is 1270. The van der Waals surface area contributed by atoms with E-state index in [1.54, 1.807) is 44.4 Å². The zero-order valence-corrected chi connectivity index (χ0v) is 18.2. The summed E-state index contributed by atoms with van der Waals surface area (Å²) in [6, 6.07) is 6.73. The maximum atomic E-state index is 12.5. The third kappa shape index (κ3) is 4.96. The molecule has 0 fully saturated rings. The summed E-state index contributed by atoms with van der Waals surface area (Å²) in [5.41, 5.74) is 2.20. The molecule has 33 heavy (non-hydrogen) atoms. The molecule has 168 valence electrons. The molecule has 0 aromatic carbocycles. The van der Waals surface area contributed by atoms with Gasteiger partial charge in [-0.15, -0.1) is 5.10 Å². The molecule has 4 rings (SSSR count). The molecular formula is C20H18ClN9O3. The van der Waals surface area contributed by atoms with Crippen molar-refractivity contribution in [3.8, 4) is 11.4 Å². The Morgan fingerprint density at radius 3 is 2.73 bits per heavy atom. The molecule has 0 saturated carbocycles. The molecular weight excluding hydrogens is 450 g/mol. The summed E-state index contributed by atoms with van der Waals surface area (Å²) >= 11 is 6.06. The average Bonchev–Trinajstić information content (AvgIpc) is 3.46. The Hall–Kier alpha value is -4.32. The summed E-state index contributed by atoms with van der Waals surface area (Å²) in [5, 5.41) is 19.9. The van der Waals surface area contributed by atoms with E-state index in [-0.39, 0.29) is 16.9 Å². The van der Waals surface area contributed by atoms with Crippen molar-refractivity contribution in [2.45, 2.75) is 13.0 Å². The minimum Gasteiger partial charge on any atom is -0.441 e. The average molecular weight is 468 g/mol. The van der Waals surface area contributed by atoms with Crippen LogP contribution in [0.4, 0.5) is 16.3 Å². The van der Waals surface area contributed by atoms with Crippen LogP contribution in [0.15, 0.2) is 49.1 Å². The van der Waals surface area contributed by atoms with Gasteiger partial charge in [0.1, 0.15) is 11.3 Å². The minimum atomic E-state index is -0.724. The monoisotopic (exact) mass is 467 g/mol. The number of H-pyrrole nitrogens is 1. The highest BCUT2D eigenvalue weighted by Gasteiger charge is 2.20. The highest BCUT2D eigenvalue weighted by atomic mass is 35.5. The molecule has 0 aliphatic heterocycles. The molecule has 13 heteroatoms. The lowest BCUT2D eigenvalue weighted by Crippen LogP contribution is -2.18. The van der Waals surface area contributed by atoms with E-state index in [4.69, 9.17) is 16.3 Å². The first-order valence-electron chi connectivity index (χ1n) is 9.66. The summed E-state index contributed by atoms with van der Waals surface area (Å²) in [7, 11) is 1.62. The molecule has 0 aliphatic rings. The SMILES string of the molecule is C[C@@H](OC(=O)Nc1c(-c2ccc(NC(=O)c3cn[nH]c3)cn2)nnn1C)c1cccnc1Cl. The number of rotatable bonds is 6. The number of carbonyl (C=O) groups is 2. The number of nitrogens with zero attached hydrogens (tertiary/aromatic N) is 6. The van der Waals surface area contributed by atoms with Crippen LogP contribution in [-0.2, 0) is 11.8 Å². The van der Waals surface area contributed by atoms with E-state index in [1.807, 2.05) is 0 Å². The first-order valence-corrected chi connectivity index (χ1v) is 10.0. The number of amides is 2. The Morgan fingerprint density at radius 1 is 1.18 bits per heavy atom. The van der Waals surface area contributed by atoms with E-state index in [0.717, 1.165) is 0 Å². The normalized spacial score (nSPS) is 11.6. The van der Waals surface area contributed by atoms with Gasteiger partial charge in [0, 0.05) is 25.0 Å². The summed E-state index contributed by atoms with van der Waals surface area (Å²) in [5.74, 6) is -0.0436. The molecule has 0 spiro atoms. The smallest absolute Gasteiger partial charge is 0.413 e. The van der Waals surface area contributed by atoms with E-state index in [0.29, 0.717) is 28.2 Å². The van der Waals surface area contributed by atoms with Crippen LogP contribution in [0.2, 0.25) is 5.15 Å². The summed E-state index contributed by atoms with van der Waals surface area (Å²) < 4.78 is 6.80. The van der Waals surface area contributed by atoms with E-state index in [2.05, 4.69) is 41.1 Å². The van der Waals surface area contributed by atoms with E-state index in [1.165, 1.54) is 23.3 Å². The van der Waals surface area contributed by atoms with Gasteiger partial charge in [-0.25, -0.2) is 14.5 Å². The zero-order valence-electron chi connectivity index (χ0n) is 17.5. The van der Waals surface area contributed by atoms with Gasteiger partial charge in [0.2, 0.25) is 0 Å². The number of aryl methyl sites for hydroxylation is 1. The van der Waals surface area contributed by atoms with Crippen molar-refractivity contribution in [3.05, 3.63) is 65.3 Å². The molecule has 4 aromatic rings. The van der Waals surface area contributed by atoms with Gasteiger partial charge in [-0.1, -0.05) is 22.9 Å². The summed E-state index contributed by atoms with van der Waals surface area (Å²) in [4.78, 5) is 32.9. The van der Waals surface area contributed by atoms with Crippen molar-refractivity contribution in [1.29, 1.82) is 0 Å². The molecule has 4 heterocycles. The van der Waals surface area contributed by atoms with E-state index >= 15 is 0 Å². The second-order valence-corrected chi connectivity index (χ2v) is 7.20. The Balaban J connectivity index is 1.45. The molecule has 1 atom stereocenters. The number of hydrogen-bond donors (Lipinski definition) is 3. The summed E-state index contributed by atoms with van der Waals surface area (Å²) in [6.07, 6.45) is 4.56. The van der Waals surface area contributed by atoms with Crippen LogP contribution in [0.3, 0.4) is 0 Å². The lowest BCUT2D eigenvalue weighted by Gasteiger charge is -2.15. The summed E-state index contributed by atoms with van der Waals surface area (Å²) in [6.45, 7) is 1.68. The third-order valence-electron chi connectivity index (χ3n) is 4.58. The molecule has 0 saturated heterocycles. The number of aromatic amines is 1. The fourth-order valence-corrected chi connectivity index (χ4v) is 3.18. The van der Waals surface area contributed by atoms with Crippen molar-refractivity contribution in [1.82, 2.24) is 35.2 Å². The molecule has 0 unspecified atom stereocenters. The number of carbonyl (C=O) groups excluding carboxylic acids is 2. The van der Waals surface area contributed by atoms with Gasteiger partial charge < -0.3 is 10.1 Å². The first-order chi connectivity index (χ1) is 15.9. The van der Waals surface area contributed by atoms with Crippen LogP contribution < -0.4 is 10.6 Å². The number of nitrogens with one attached hydrogen (secondary N) is 3. The van der Waals surface area contributed by atoms with Crippen LogP contribution >= 0.6 is 11.6 Å². The van der Waals surface area contributed by atoms with Crippen LogP contribution in [0.1, 0.15) is 28.9 Å². The highest BCUT2D eigenvalue weighted by Crippen LogP contribution is 2.26. The number of pyridine rings is 2. The number of anilines is 2. The van der Waals surface area contributed by atoms with Crippen molar-refractivity contribution in [2.75, 3.05) is 10.6 Å². The van der Waals surface area contributed by atoms with Gasteiger partial charge in [0.25, 0.3) is 5.91 Å². The minimum absolute atomic E-state index is 0.254. The largest absolute Gasteiger partial charge is 0.441 e. The predicted octanol–water partition coefficient (Wildman–Crippen LogP) is 3.21. The van der Waals surface area contributed by atoms with Crippen LogP contribution in [0.25, 0.3) is 11.4 Å². The van der Waals surface area contributed by atoms with E-state index in [9.17, 15) is 9.59 Å².